The Labute approximate surface area is 147 Å². The minimum absolute atomic E-state index is 0.0708. The first-order valence-corrected chi connectivity index (χ1v) is 11.3. The molecule has 0 spiro atoms. The van der Waals surface area contributed by atoms with E-state index in [-0.39, 0.29) is 36.8 Å². The summed E-state index contributed by atoms with van der Waals surface area (Å²) in [5.41, 5.74) is 0.795. The molecule has 0 heterocycles. The quantitative estimate of drug-likeness (QED) is 0.521. The van der Waals surface area contributed by atoms with Crippen molar-refractivity contribution in [2.24, 2.45) is 11.8 Å². The van der Waals surface area contributed by atoms with Gasteiger partial charge in [-0.25, -0.2) is 4.39 Å². The number of benzene rings is 1. The molecular weight excluding hydrogens is 371 g/mol. The first kappa shape index (κ1) is 20.0. The highest BCUT2D eigenvalue weighted by Crippen LogP contribution is 2.38. The zero-order valence-corrected chi connectivity index (χ0v) is 15.6. The zero-order valence-electron chi connectivity index (χ0n) is 14.0. The summed E-state index contributed by atoms with van der Waals surface area (Å²) >= 11 is 0. The van der Waals surface area contributed by atoms with Crippen LogP contribution in [0.4, 0.5) is 4.39 Å². The van der Waals surface area contributed by atoms with Crippen LogP contribution in [0.25, 0.3) is 0 Å². The number of allylic oxidation sites excluding steroid dienone is 2. The topological polar surface area (TPSA) is 86.7 Å². The van der Waals surface area contributed by atoms with Crippen molar-refractivity contribution < 1.29 is 29.6 Å². The van der Waals surface area contributed by atoms with Gasteiger partial charge in [0.15, 0.2) is 0 Å². The molecule has 9 heteroatoms. The summed E-state index contributed by atoms with van der Waals surface area (Å²) in [5.74, 6) is -1.18. The highest BCUT2D eigenvalue weighted by atomic mass is 32.2. The van der Waals surface area contributed by atoms with Gasteiger partial charge in [0.1, 0.15) is 5.82 Å². The maximum atomic E-state index is 13.2. The SMILES string of the molecule is CS(=O)(=O)OC[C@@H]1CC=C[C@H](c2ccc(F)cc2)[C@@H]1COS(C)(=O)=O. The van der Waals surface area contributed by atoms with Gasteiger partial charge in [0.05, 0.1) is 25.7 Å². The number of halogens is 1. The van der Waals surface area contributed by atoms with Crippen molar-refractivity contribution in [1.29, 1.82) is 0 Å². The molecule has 25 heavy (non-hydrogen) atoms. The van der Waals surface area contributed by atoms with Crippen LogP contribution >= 0.6 is 0 Å². The van der Waals surface area contributed by atoms with Crippen molar-refractivity contribution in [2.45, 2.75) is 12.3 Å². The second kappa shape index (κ2) is 7.94. The molecule has 2 rings (SSSR count). The van der Waals surface area contributed by atoms with E-state index in [1.165, 1.54) is 12.1 Å². The number of hydrogen-bond donors (Lipinski definition) is 0. The van der Waals surface area contributed by atoms with Crippen LogP contribution in [0.3, 0.4) is 0 Å². The van der Waals surface area contributed by atoms with Gasteiger partial charge in [-0.3, -0.25) is 8.37 Å². The molecule has 0 N–H and O–H groups in total. The van der Waals surface area contributed by atoms with E-state index in [0.717, 1.165) is 18.1 Å². The first-order chi connectivity index (χ1) is 11.6. The van der Waals surface area contributed by atoms with Crippen LogP contribution in [0, 0.1) is 17.7 Å². The summed E-state index contributed by atoms with van der Waals surface area (Å²) < 4.78 is 68.3. The van der Waals surface area contributed by atoms with Gasteiger partial charge in [0, 0.05) is 5.92 Å². The van der Waals surface area contributed by atoms with Crippen molar-refractivity contribution >= 4 is 20.2 Å². The fourth-order valence-corrected chi connectivity index (χ4v) is 3.72. The Balaban J connectivity index is 2.26. The minimum Gasteiger partial charge on any atom is -0.270 e. The van der Waals surface area contributed by atoms with E-state index < -0.39 is 20.2 Å². The Hall–Kier alpha value is -1.29. The van der Waals surface area contributed by atoms with E-state index in [1.54, 1.807) is 12.1 Å². The monoisotopic (exact) mass is 392 g/mol. The second-order valence-corrected chi connectivity index (χ2v) is 9.43. The van der Waals surface area contributed by atoms with Crippen molar-refractivity contribution in [1.82, 2.24) is 0 Å². The molecule has 6 nitrogen and oxygen atoms in total. The third-order valence-electron chi connectivity index (χ3n) is 4.07. The Bertz CT molecular complexity index is 815. The molecule has 0 amide bonds. The molecule has 0 saturated carbocycles. The summed E-state index contributed by atoms with van der Waals surface area (Å²) in [5, 5.41) is 0. The predicted molar refractivity (Wildman–Crippen MR) is 91.5 cm³/mol. The van der Waals surface area contributed by atoms with Gasteiger partial charge in [-0.05, 0) is 36.0 Å². The van der Waals surface area contributed by atoms with Crippen LogP contribution in [-0.2, 0) is 28.6 Å². The normalized spacial score (nSPS) is 24.4. The van der Waals surface area contributed by atoms with Crippen molar-refractivity contribution in [3.8, 4) is 0 Å². The smallest absolute Gasteiger partial charge is 0.264 e. The lowest BCUT2D eigenvalue weighted by molar-refractivity contribution is 0.133. The van der Waals surface area contributed by atoms with E-state index in [0.29, 0.717) is 6.42 Å². The summed E-state index contributed by atoms with van der Waals surface area (Å²) in [7, 11) is -7.26. The molecule has 3 atom stereocenters. The first-order valence-electron chi connectivity index (χ1n) is 7.66. The van der Waals surface area contributed by atoms with Gasteiger partial charge in [-0.2, -0.15) is 16.8 Å². The molecule has 1 aliphatic carbocycles. The third-order valence-corrected chi connectivity index (χ3v) is 5.20. The summed E-state index contributed by atoms with van der Waals surface area (Å²) in [6.45, 7) is -0.179. The van der Waals surface area contributed by atoms with Crippen LogP contribution in [0.5, 0.6) is 0 Å². The summed E-state index contributed by atoms with van der Waals surface area (Å²) in [4.78, 5) is 0. The van der Waals surface area contributed by atoms with Gasteiger partial charge in [-0.1, -0.05) is 24.3 Å². The maximum absolute atomic E-state index is 13.2. The van der Waals surface area contributed by atoms with Crippen LogP contribution in [0.1, 0.15) is 17.9 Å². The van der Waals surface area contributed by atoms with Crippen molar-refractivity contribution in [3.05, 3.63) is 47.8 Å². The Morgan fingerprint density at radius 3 is 2.12 bits per heavy atom. The molecule has 0 aliphatic heterocycles. The van der Waals surface area contributed by atoms with Crippen LogP contribution in [-0.4, -0.2) is 42.6 Å². The molecule has 1 aromatic rings. The molecule has 0 aromatic heterocycles. The average molecular weight is 392 g/mol. The molecular formula is C16H21FO6S2. The largest absolute Gasteiger partial charge is 0.270 e. The van der Waals surface area contributed by atoms with Gasteiger partial charge in [0.25, 0.3) is 20.2 Å². The van der Waals surface area contributed by atoms with E-state index in [1.807, 2.05) is 12.2 Å². The van der Waals surface area contributed by atoms with Gasteiger partial charge >= 0.3 is 0 Å². The van der Waals surface area contributed by atoms with Gasteiger partial charge in [0.2, 0.25) is 0 Å². The molecule has 0 bridgehead atoms. The predicted octanol–water partition coefficient (Wildman–Crippen LogP) is 2.05. The summed E-state index contributed by atoms with van der Waals surface area (Å²) in [6, 6.07) is 5.90. The average Bonchev–Trinajstić information content (AvgIpc) is 2.50. The van der Waals surface area contributed by atoms with Crippen molar-refractivity contribution in [3.63, 3.8) is 0 Å². The van der Waals surface area contributed by atoms with Gasteiger partial charge < -0.3 is 0 Å². The van der Waals surface area contributed by atoms with Crippen molar-refractivity contribution in [2.75, 3.05) is 25.7 Å². The summed E-state index contributed by atoms with van der Waals surface area (Å²) in [6.07, 6.45) is 6.25. The fourth-order valence-electron chi connectivity index (χ4n) is 2.90. The lowest BCUT2D eigenvalue weighted by Crippen LogP contribution is -2.32. The standard InChI is InChI=1S/C16H21FO6S2/c1-24(18,19)22-10-13-4-3-5-15(12-6-8-14(17)9-7-12)16(13)11-23-25(2,20)21/h3,5-9,13,15-16H,4,10-11H2,1-2H3/t13-,15+,16+/m0/s1. The second-order valence-electron chi connectivity index (χ2n) is 6.14. The molecule has 140 valence electrons. The Kier molecular flexibility index (Phi) is 6.36. The van der Waals surface area contributed by atoms with E-state index in [4.69, 9.17) is 8.37 Å². The Morgan fingerprint density at radius 1 is 1.00 bits per heavy atom. The maximum Gasteiger partial charge on any atom is 0.264 e. The minimum atomic E-state index is -3.65. The van der Waals surface area contributed by atoms with Crippen LogP contribution < -0.4 is 0 Å². The van der Waals surface area contributed by atoms with Gasteiger partial charge in [-0.15, -0.1) is 0 Å². The van der Waals surface area contributed by atoms with Crippen LogP contribution in [0.2, 0.25) is 0 Å². The zero-order chi connectivity index (χ0) is 18.7. The molecule has 0 unspecified atom stereocenters. The lowest BCUT2D eigenvalue weighted by Gasteiger charge is -2.34. The van der Waals surface area contributed by atoms with E-state index in [2.05, 4.69) is 0 Å². The molecule has 1 aliphatic rings. The fraction of sp³-hybridized carbons (Fsp3) is 0.500. The Morgan fingerprint density at radius 2 is 1.56 bits per heavy atom. The number of rotatable bonds is 7. The molecule has 0 saturated heterocycles. The third kappa shape index (κ3) is 6.50. The molecule has 0 fully saturated rings. The molecule has 1 aromatic carbocycles. The highest BCUT2D eigenvalue weighted by Gasteiger charge is 2.33. The number of hydrogen-bond acceptors (Lipinski definition) is 6. The lowest BCUT2D eigenvalue weighted by atomic mass is 9.73. The highest BCUT2D eigenvalue weighted by molar-refractivity contribution is 7.86. The van der Waals surface area contributed by atoms with Crippen LogP contribution in [0.15, 0.2) is 36.4 Å². The molecule has 0 radical (unpaired) electrons. The van der Waals surface area contributed by atoms with E-state index >= 15 is 0 Å². The van der Waals surface area contributed by atoms with E-state index in [9.17, 15) is 21.2 Å².